The average molecular weight is 262 g/mol. The lowest BCUT2D eigenvalue weighted by molar-refractivity contribution is -0.119. The summed E-state index contributed by atoms with van der Waals surface area (Å²) in [7, 11) is 0. The van der Waals surface area contributed by atoms with Crippen molar-refractivity contribution in [3.05, 3.63) is 24.3 Å². The Morgan fingerprint density at radius 3 is 3.05 bits per heavy atom. The first kappa shape index (κ1) is 13.9. The van der Waals surface area contributed by atoms with Crippen molar-refractivity contribution in [1.82, 2.24) is 0 Å². The van der Waals surface area contributed by atoms with Crippen LogP contribution in [0.3, 0.4) is 0 Å². The molecular formula is C15H22N2O2. The van der Waals surface area contributed by atoms with E-state index in [-0.39, 0.29) is 11.9 Å². The van der Waals surface area contributed by atoms with Gasteiger partial charge in [0, 0.05) is 19.0 Å². The Bertz CT molecular complexity index is 434. The second-order valence-electron chi connectivity index (χ2n) is 4.97. The van der Waals surface area contributed by atoms with E-state index in [1.54, 1.807) is 0 Å². The van der Waals surface area contributed by atoms with Crippen molar-refractivity contribution in [2.24, 2.45) is 5.73 Å². The summed E-state index contributed by atoms with van der Waals surface area (Å²) < 4.78 is 5.66. The molecule has 1 unspecified atom stereocenters. The number of nitrogens with two attached hydrogens (primary N) is 1. The molecule has 0 saturated carbocycles. The van der Waals surface area contributed by atoms with Crippen LogP contribution in [0.4, 0.5) is 5.69 Å². The maximum absolute atomic E-state index is 12.4. The van der Waals surface area contributed by atoms with Gasteiger partial charge in [-0.3, -0.25) is 4.79 Å². The van der Waals surface area contributed by atoms with Gasteiger partial charge in [0.25, 0.3) is 0 Å². The maximum atomic E-state index is 12.4. The summed E-state index contributed by atoms with van der Waals surface area (Å²) in [6.07, 6.45) is 3.15. The number of carbonyl (C=O) groups excluding carboxylic acids is 1. The zero-order valence-corrected chi connectivity index (χ0v) is 11.5. The molecule has 4 nitrogen and oxygen atoms in total. The number of rotatable bonds is 4. The van der Waals surface area contributed by atoms with E-state index in [1.165, 1.54) is 0 Å². The van der Waals surface area contributed by atoms with Gasteiger partial charge in [0.15, 0.2) is 0 Å². The fourth-order valence-corrected chi connectivity index (χ4v) is 2.39. The minimum atomic E-state index is -0.0474. The Hall–Kier alpha value is -1.55. The summed E-state index contributed by atoms with van der Waals surface area (Å²) in [6.45, 7) is 3.44. The average Bonchev–Trinajstić information content (AvgIpc) is 2.61. The predicted octanol–water partition coefficient (Wildman–Crippen LogP) is 2.32. The second kappa shape index (κ2) is 6.57. The zero-order valence-electron chi connectivity index (χ0n) is 11.5. The number of hydrogen-bond acceptors (Lipinski definition) is 3. The second-order valence-corrected chi connectivity index (χ2v) is 4.97. The third-order valence-corrected chi connectivity index (χ3v) is 3.34. The molecule has 19 heavy (non-hydrogen) atoms. The van der Waals surface area contributed by atoms with Crippen LogP contribution in [0.15, 0.2) is 24.3 Å². The van der Waals surface area contributed by atoms with Crippen LogP contribution in [0.2, 0.25) is 0 Å². The summed E-state index contributed by atoms with van der Waals surface area (Å²) in [4.78, 5) is 14.2. The van der Waals surface area contributed by atoms with E-state index in [0.29, 0.717) is 19.6 Å². The molecule has 0 spiro atoms. The number of amides is 1. The Morgan fingerprint density at radius 2 is 2.26 bits per heavy atom. The fourth-order valence-electron chi connectivity index (χ4n) is 2.39. The van der Waals surface area contributed by atoms with Gasteiger partial charge in [-0.2, -0.15) is 0 Å². The number of anilines is 1. The van der Waals surface area contributed by atoms with Crippen molar-refractivity contribution in [3.63, 3.8) is 0 Å². The third kappa shape index (κ3) is 3.47. The van der Waals surface area contributed by atoms with Gasteiger partial charge < -0.3 is 15.4 Å². The first-order chi connectivity index (χ1) is 9.22. The molecule has 104 valence electrons. The molecular weight excluding hydrogens is 240 g/mol. The molecule has 1 aliphatic rings. The Morgan fingerprint density at radius 1 is 1.47 bits per heavy atom. The van der Waals surface area contributed by atoms with Crippen LogP contribution in [-0.4, -0.2) is 25.1 Å². The lowest BCUT2D eigenvalue weighted by Gasteiger charge is -2.23. The van der Waals surface area contributed by atoms with E-state index in [0.717, 1.165) is 30.7 Å². The molecule has 1 amide bonds. The lowest BCUT2D eigenvalue weighted by Crippen LogP contribution is -2.36. The molecule has 0 aromatic heterocycles. The number of hydrogen-bond donors (Lipinski definition) is 1. The van der Waals surface area contributed by atoms with E-state index < -0.39 is 0 Å². The van der Waals surface area contributed by atoms with E-state index in [4.69, 9.17) is 10.5 Å². The Labute approximate surface area is 114 Å². The van der Waals surface area contributed by atoms with Crippen molar-refractivity contribution in [2.45, 2.75) is 38.6 Å². The highest BCUT2D eigenvalue weighted by Crippen LogP contribution is 2.31. The third-order valence-electron chi connectivity index (χ3n) is 3.34. The molecule has 2 N–H and O–H groups in total. The normalized spacial score (nSPS) is 16.2. The highest BCUT2D eigenvalue weighted by Gasteiger charge is 2.22. The van der Waals surface area contributed by atoms with Gasteiger partial charge in [-0.1, -0.05) is 25.5 Å². The fraction of sp³-hybridized carbons (Fsp3) is 0.533. The number of carbonyl (C=O) groups is 1. The van der Waals surface area contributed by atoms with Crippen molar-refractivity contribution in [3.8, 4) is 5.75 Å². The largest absolute Gasteiger partial charge is 0.491 e. The van der Waals surface area contributed by atoms with E-state index in [1.807, 2.05) is 29.2 Å². The molecule has 2 rings (SSSR count). The molecule has 0 fully saturated rings. The summed E-state index contributed by atoms with van der Waals surface area (Å²) >= 11 is 0. The van der Waals surface area contributed by atoms with Crippen LogP contribution in [0.5, 0.6) is 5.75 Å². The molecule has 0 radical (unpaired) electrons. The standard InChI is InChI=1S/C15H22N2O2/c1-2-6-12(16)11-15(18)17-9-5-10-19-14-8-4-3-7-13(14)17/h3-4,7-8,12H,2,5-6,9-11,16H2,1H3. The van der Waals surface area contributed by atoms with Gasteiger partial charge in [0.05, 0.1) is 12.3 Å². The first-order valence-corrected chi connectivity index (χ1v) is 7.00. The molecule has 1 aromatic rings. The zero-order chi connectivity index (χ0) is 13.7. The van der Waals surface area contributed by atoms with E-state index in [2.05, 4.69) is 6.92 Å². The van der Waals surface area contributed by atoms with Crippen LogP contribution >= 0.6 is 0 Å². The number of nitrogens with zero attached hydrogens (tertiary/aromatic N) is 1. The van der Waals surface area contributed by atoms with Crippen molar-refractivity contribution >= 4 is 11.6 Å². The summed E-state index contributed by atoms with van der Waals surface area (Å²) in [5.41, 5.74) is 6.84. The monoisotopic (exact) mass is 262 g/mol. The van der Waals surface area contributed by atoms with Crippen LogP contribution in [0.1, 0.15) is 32.6 Å². The number of ether oxygens (including phenoxy) is 1. The summed E-state index contributed by atoms with van der Waals surface area (Å²) in [5, 5.41) is 0. The van der Waals surface area contributed by atoms with Gasteiger partial charge >= 0.3 is 0 Å². The van der Waals surface area contributed by atoms with Gasteiger partial charge in [-0.05, 0) is 25.0 Å². The molecule has 1 aromatic carbocycles. The predicted molar refractivity (Wildman–Crippen MR) is 76.4 cm³/mol. The molecule has 0 aliphatic carbocycles. The number of fused-ring (bicyclic) bond motifs is 1. The smallest absolute Gasteiger partial charge is 0.228 e. The lowest BCUT2D eigenvalue weighted by atomic mass is 10.1. The number of para-hydroxylation sites is 2. The van der Waals surface area contributed by atoms with Crippen LogP contribution < -0.4 is 15.4 Å². The first-order valence-electron chi connectivity index (χ1n) is 7.00. The highest BCUT2D eigenvalue weighted by molar-refractivity contribution is 5.95. The molecule has 1 aliphatic heterocycles. The molecule has 0 saturated heterocycles. The van der Waals surface area contributed by atoms with Gasteiger partial charge in [-0.25, -0.2) is 0 Å². The summed E-state index contributed by atoms with van der Waals surface area (Å²) in [5.74, 6) is 0.885. The van der Waals surface area contributed by atoms with E-state index in [9.17, 15) is 4.79 Å². The molecule has 1 heterocycles. The van der Waals surface area contributed by atoms with Crippen molar-refractivity contribution in [1.29, 1.82) is 0 Å². The summed E-state index contributed by atoms with van der Waals surface area (Å²) in [6, 6.07) is 7.65. The molecule has 0 bridgehead atoms. The Balaban J connectivity index is 2.13. The minimum Gasteiger partial charge on any atom is -0.491 e. The quantitative estimate of drug-likeness (QED) is 0.906. The van der Waals surface area contributed by atoms with Crippen molar-refractivity contribution in [2.75, 3.05) is 18.1 Å². The minimum absolute atomic E-state index is 0.0474. The molecule has 1 atom stereocenters. The van der Waals surface area contributed by atoms with Crippen LogP contribution in [-0.2, 0) is 4.79 Å². The Kier molecular flexibility index (Phi) is 4.80. The van der Waals surface area contributed by atoms with Gasteiger partial charge in [0.2, 0.25) is 5.91 Å². The molecule has 4 heteroatoms. The SMILES string of the molecule is CCCC(N)CC(=O)N1CCCOc2ccccc21. The van der Waals surface area contributed by atoms with Crippen molar-refractivity contribution < 1.29 is 9.53 Å². The van der Waals surface area contributed by atoms with Crippen LogP contribution in [0, 0.1) is 0 Å². The maximum Gasteiger partial charge on any atom is 0.228 e. The van der Waals surface area contributed by atoms with Crippen LogP contribution in [0.25, 0.3) is 0 Å². The van der Waals surface area contributed by atoms with Gasteiger partial charge in [-0.15, -0.1) is 0 Å². The number of benzene rings is 1. The highest BCUT2D eigenvalue weighted by atomic mass is 16.5. The van der Waals surface area contributed by atoms with E-state index >= 15 is 0 Å². The van der Waals surface area contributed by atoms with Gasteiger partial charge in [0.1, 0.15) is 5.75 Å². The topological polar surface area (TPSA) is 55.6 Å².